The molecular formula is C29H38N4O2. The van der Waals surface area contributed by atoms with Gasteiger partial charge in [-0.25, -0.2) is 0 Å². The predicted octanol–water partition coefficient (Wildman–Crippen LogP) is 4.70. The van der Waals surface area contributed by atoms with Crippen molar-refractivity contribution < 1.29 is 9.53 Å². The minimum Gasteiger partial charge on any atom is -0.495 e. The van der Waals surface area contributed by atoms with Crippen molar-refractivity contribution in [2.75, 3.05) is 51.3 Å². The third-order valence-electron chi connectivity index (χ3n) is 7.75. The molecule has 1 saturated carbocycles. The molecule has 2 aromatic carbocycles. The van der Waals surface area contributed by atoms with Gasteiger partial charge in [-0.15, -0.1) is 0 Å². The SMILES string of the molecule is COc1ccccc1N(C(=O)CN1CCN(CCc2c[nH]c3ccccc23)CC1)C1CCCCC1. The summed E-state index contributed by atoms with van der Waals surface area (Å²) in [7, 11) is 1.69. The number of aromatic nitrogens is 1. The standard InChI is InChI=1S/C29H38N4O2/c1-35-28-14-8-7-13-27(28)33(24-9-3-2-4-10-24)29(34)22-32-19-17-31(18-20-32)16-15-23-21-30-26-12-6-5-11-25(23)26/h5-8,11-14,21,24,30H,2-4,9-10,15-20,22H2,1H3. The number of hydrogen-bond acceptors (Lipinski definition) is 4. The molecule has 186 valence electrons. The largest absolute Gasteiger partial charge is 0.495 e. The number of nitrogens with one attached hydrogen (secondary N) is 1. The summed E-state index contributed by atoms with van der Waals surface area (Å²) in [5.41, 5.74) is 3.52. The van der Waals surface area contributed by atoms with E-state index in [1.807, 2.05) is 24.3 Å². The van der Waals surface area contributed by atoms with Crippen LogP contribution in [0.5, 0.6) is 5.75 Å². The normalized spacial score (nSPS) is 18.1. The molecule has 0 bridgehead atoms. The fourth-order valence-corrected chi connectivity index (χ4v) is 5.76. The number of benzene rings is 2. The van der Waals surface area contributed by atoms with Gasteiger partial charge in [0.25, 0.3) is 0 Å². The molecule has 3 aromatic rings. The van der Waals surface area contributed by atoms with E-state index >= 15 is 0 Å². The summed E-state index contributed by atoms with van der Waals surface area (Å²) in [5.74, 6) is 0.988. The quantitative estimate of drug-likeness (QED) is 0.514. The Bertz CT molecular complexity index is 1110. The second-order valence-corrected chi connectivity index (χ2v) is 9.95. The maximum Gasteiger partial charge on any atom is 0.241 e. The molecular weight excluding hydrogens is 436 g/mol. The van der Waals surface area contributed by atoms with E-state index in [2.05, 4.69) is 50.1 Å². The van der Waals surface area contributed by atoms with Gasteiger partial charge in [-0.1, -0.05) is 49.6 Å². The third kappa shape index (κ3) is 5.54. The monoisotopic (exact) mass is 474 g/mol. The Hall–Kier alpha value is -2.83. The smallest absolute Gasteiger partial charge is 0.241 e. The highest BCUT2D eigenvalue weighted by Crippen LogP contribution is 2.34. The van der Waals surface area contributed by atoms with Crippen LogP contribution in [0, 0.1) is 0 Å². The first-order valence-electron chi connectivity index (χ1n) is 13.2. The van der Waals surface area contributed by atoms with Gasteiger partial charge >= 0.3 is 0 Å². The number of H-pyrrole nitrogens is 1. The molecule has 2 heterocycles. The van der Waals surface area contributed by atoms with Crippen molar-refractivity contribution in [2.45, 2.75) is 44.6 Å². The Morgan fingerprint density at radius 2 is 1.69 bits per heavy atom. The van der Waals surface area contributed by atoms with Gasteiger partial charge < -0.3 is 19.5 Å². The first-order chi connectivity index (χ1) is 17.2. The molecule has 0 atom stereocenters. The van der Waals surface area contributed by atoms with Gasteiger partial charge in [-0.3, -0.25) is 9.69 Å². The molecule has 1 saturated heterocycles. The van der Waals surface area contributed by atoms with Crippen molar-refractivity contribution in [1.82, 2.24) is 14.8 Å². The minimum atomic E-state index is 0.202. The number of fused-ring (bicyclic) bond motifs is 1. The summed E-state index contributed by atoms with van der Waals surface area (Å²) < 4.78 is 5.64. The molecule has 6 heteroatoms. The van der Waals surface area contributed by atoms with E-state index in [1.54, 1.807) is 7.11 Å². The van der Waals surface area contributed by atoms with Gasteiger partial charge in [-0.2, -0.15) is 0 Å². The molecule has 6 nitrogen and oxygen atoms in total. The van der Waals surface area contributed by atoms with Crippen LogP contribution in [0.25, 0.3) is 10.9 Å². The molecule has 2 aliphatic rings. The van der Waals surface area contributed by atoms with E-state index in [9.17, 15) is 4.79 Å². The summed E-state index contributed by atoms with van der Waals surface area (Å²) in [6.45, 7) is 5.42. The van der Waals surface area contributed by atoms with Crippen LogP contribution in [0.3, 0.4) is 0 Å². The zero-order valence-corrected chi connectivity index (χ0v) is 20.9. The number of anilines is 1. The van der Waals surface area contributed by atoms with Gasteiger partial charge in [0.15, 0.2) is 0 Å². The summed E-state index contributed by atoms with van der Waals surface area (Å²) in [6, 6.07) is 16.8. The molecule has 35 heavy (non-hydrogen) atoms. The van der Waals surface area contributed by atoms with Crippen LogP contribution in [-0.4, -0.2) is 73.1 Å². The second-order valence-electron chi connectivity index (χ2n) is 9.95. The number of carbonyl (C=O) groups is 1. The molecule has 1 aromatic heterocycles. The molecule has 1 amide bonds. The van der Waals surface area contributed by atoms with Crippen LogP contribution < -0.4 is 9.64 Å². The zero-order valence-electron chi connectivity index (χ0n) is 20.9. The molecule has 0 unspecified atom stereocenters. The number of ether oxygens (including phenoxy) is 1. The van der Waals surface area contributed by atoms with E-state index in [-0.39, 0.29) is 11.9 Å². The van der Waals surface area contributed by atoms with Crippen LogP contribution in [0.2, 0.25) is 0 Å². The number of para-hydroxylation sites is 3. The average Bonchev–Trinajstić information content (AvgIpc) is 3.32. The number of piperazine rings is 1. The average molecular weight is 475 g/mol. The van der Waals surface area contributed by atoms with Crippen molar-refractivity contribution >= 4 is 22.5 Å². The number of hydrogen-bond donors (Lipinski definition) is 1. The van der Waals surface area contributed by atoms with E-state index in [0.717, 1.165) is 63.4 Å². The van der Waals surface area contributed by atoms with Crippen LogP contribution in [0.1, 0.15) is 37.7 Å². The number of aromatic amines is 1. The van der Waals surface area contributed by atoms with Gasteiger partial charge in [-0.05, 0) is 43.0 Å². The summed E-state index contributed by atoms with van der Waals surface area (Å²) in [6.07, 6.45) is 9.00. The Labute approximate surface area is 208 Å². The number of methoxy groups -OCH3 is 1. The molecule has 1 aliphatic heterocycles. The van der Waals surface area contributed by atoms with Gasteiger partial charge in [0.05, 0.1) is 19.3 Å². The van der Waals surface area contributed by atoms with Crippen LogP contribution in [-0.2, 0) is 11.2 Å². The van der Waals surface area contributed by atoms with Gasteiger partial charge in [0, 0.05) is 55.9 Å². The molecule has 5 rings (SSSR count). The van der Waals surface area contributed by atoms with E-state index < -0.39 is 0 Å². The second kappa shape index (κ2) is 11.3. The van der Waals surface area contributed by atoms with Crippen LogP contribution in [0.4, 0.5) is 5.69 Å². The topological polar surface area (TPSA) is 51.8 Å². The first-order valence-corrected chi connectivity index (χ1v) is 13.2. The Morgan fingerprint density at radius 3 is 2.49 bits per heavy atom. The minimum absolute atomic E-state index is 0.202. The van der Waals surface area contributed by atoms with E-state index in [0.29, 0.717) is 6.54 Å². The van der Waals surface area contributed by atoms with Crippen LogP contribution >= 0.6 is 0 Å². The summed E-state index contributed by atoms with van der Waals surface area (Å²) in [4.78, 5) is 24.0. The van der Waals surface area contributed by atoms with Gasteiger partial charge in [0.2, 0.25) is 5.91 Å². The lowest BCUT2D eigenvalue weighted by molar-refractivity contribution is -0.120. The fourth-order valence-electron chi connectivity index (χ4n) is 5.76. The first kappa shape index (κ1) is 23.9. The Balaban J connectivity index is 1.18. The highest BCUT2D eigenvalue weighted by molar-refractivity contribution is 5.96. The van der Waals surface area contributed by atoms with E-state index in [1.165, 1.54) is 35.7 Å². The zero-order chi connectivity index (χ0) is 24.0. The number of amides is 1. The fraction of sp³-hybridized carbons (Fsp3) is 0.483. The Kier molecular flexibility index (Phi) is 7.69. The number of carbonyl (C=O) groups excluding carboxylic acids is 1. The van der Waals surface area contributed by atoms with Crippen molar-refractivity contribution in [2.24, 2.45) is 0 Å². The van der Waals surface area contributed by atoms with Crippen molar-refractivity contribution in [3.8, 4) is 5.75 Å². The number of rotatable bonds is 8. The maximum atomic E-state index is 13.7. The van der Waals surface area contributed by atoms with E-state index in [4.69, 9.17) is 4.74 Å². The molecule has 0 radical (unpaired) electrons. The highest BCUT2D eigenvalue weighted by Gasteiger charge is 2.30. The lowest BCUT2D eigenvalue weighted by atomic mass is 9.93. The molecule has 1 N–H and O–H groups in total. The lowest BCUT2D eigenvalue weighted by Gasteiger charge is -2.38. The predicted molar refractivity (Wildman–Crippen MR) is 142 cm³/mol. The highest BCUT2D eigenvalue weighted by atomic mass is 16.5. The molecule has 2 fully saturated rings. The lowest BCUT2D eigenvalue weighted by Crippen LogP contribution is -2.52. The van der Waals surface area contributed by atoms with Crippen LogP contribution in [0.15, 0.2) is 54.7 Å². The molecule has 0 spiro atoms. The number of nitrogens with zero attached hydrogens (tertiary/aromatic N) is 3. The van der Waals surface area contributed by atoms with Crippen molar-refractivity contribution in [1.29, 1.82) is 0 Å². The van der Waals surface area contributed by atoms with Gasteiger partial charge in [0.1, 0.15) is 5.75 Å². The van der Waals surface area contributed by atoms with Crippen molar-refractivity contribution in [3.05, 3.63) is 60.3 Å². The Morgan fingerprint density at radius 1 is 0.971 bits per heavy atom. The summed E-state index contributed by atoms with van der Waals surface area (Å²) in [5, 5.41) is 1.33. The third-order valence-corrected chi connectivity index (χ3v) is 7.75. The maximum absolute atomic E-state index is 13.7. The van der Waals surface area contributed by atoms with Crippen molar-refractivity contribution in [3.63, 3.8) is 0 Å². The molecule has 1 aliphatic carbocycles. The summed E-state index contributed by atoms with van der Waals surface area (Å²) >= 11 is 0.